The third kappa shape index (κ3) is 6.96. The molecular weight excluding hydrogens is 492 g/mol. The van der Waals surface area contributed by atoms with E-state index in [2.05, 4.69) is 10.3 Å². The SMILES string of the molecule is CCCCN(CCCC)S(=O)(=O)c1ccc2nc(NC(=O)COc3ccc([N+](=O)[O-])cc3)sc2c1. The minimum Gasteiger partial charge on any atom is -0.484 e. The van der Waals surface area contributed by atoms with E-state index >= 15 is 0 Å². The number of nitro benzene ring substituents is 1. The summed E-state index contributed by atoms with van der Waals surface area (Å²) in [4.78, 5) is 27.0. The van der Waals surface area contributed by atoms with Crippen LogP contribution < -0.4 is 10.1 Å². The Morgan fingerprint density at radius 2 is 1.77 bits per heavy atom. The summed E-state index contributed by atoms with van der Waals surface area (Å²) in [7, 11) is -3.64. The second-order valence-corrected chi connectivity index (χ2v) is 10.8. The number of hydrogen-bond donors (Lipinski definition) is 1. The average Bonchev–Trinajstić information content (AvgIpc) is 3.24. The minimum atomic E-state index is -3.64. The molecule has 1 N–H and O–H groups in total. The van der Waals surface area contributed by atoms with Gasteiger partial charge < -0.3 is 4.74 Å². The first-order valence-electron chi connectivity index (χ1n) is 11.3. The predicted molar refractivity (Wildman–Crippen MR) is 135 cm³/mol. The number of nitrogens with one attached hydrogen (secondary N) is 1. The van der Waals surface area contributed by atoms with Crippen LogP contribution in [0.2, 0.25) is 0 Å². The molecule has 35 heavy (non-hydrogen) atoms. The van der Waals surface area contributed by atoms with Crippen molar-refractivity contribution >= 4 is 48.3 Å². The molecule has 2 aromatic carbocycles. The summed E-state index contributed by atoms with van der Waals surface area (Å²) in [6, 6.07) is 10.2. The number of nitrogens with zero attached hydrogens (tertiary/aromatic N) is 3. The lowest BCUT2D eigenvalue weighted by Gasteiger charge is -2.21. The molecule has 0 unspecified atom stereocenters. The fourth-order valence-corrected chi connectivity index (χ4v) is 5.80. The van der Waals surface area contributed by atoms with E-state index in [1.807, 2.05) is 13.8 Å². The molecule has 0 atom stereocenters. The number of thiazole rings is 1. The number of fused-ring (bicyclic) bond motifs is 1. The Labute approximate surface area is 208 Å². The molecule has 0 aliphatic heterocycles. The van der Waals surface area contributed by atoms with E-state index < -0.39 is 20.9 Å². The molecule has 0 radical (unpaired) electrons. The Morgan fingerprint density at radius 1 is 1.11 bits per heavy atom. The van der Waals surface area contributed by atoms with Crippen LogP contribution in [0.3, 0.4) is 0 Å². The van der Waals surface area contributed by atoms with E-state index in [-0.39, 0.29) is 17.2 Å². The summed E-state index contributed by atoms with van der Waals surface area (Å²) in [6.07, 6.45) is 3.40. The fraction of sp³-hybridized carbons (Fsp3) is 0.391. The third-order valence-corrected chi connectivity index (χ3v) is 8.01. The Morgan fingerprint density at radius 3 is 2.37 bits per heavy atom. The van der Waals surface area contributed by atoms with Crippen molar-refractivity contribution in [1.29, 1.82) is 0 Å². The van der Waals surface area contributed by atoms with Gasteiger partial charge in [-0.2, -0.15) is 4.31 Å². The van der Waals surface area contributed by atoms with Crippen molar-refractivity contribution in [1.82, 2.24) is 9.29 Å². The van der Waals surface area contributed by atoms with E-state index in [0.29, 0.717) is 34.2 Å². The molecule has 0 aliphatic carbocycles. The number of nitro groups is 1. The lowest BCUT2D eigenvalue weighted by Crippen LogP contribution is -2.33. The second kappa shape index (κ2) is 12.0. The van der Waals surface area contributed by atoms with Crippen LogP contribution in [-0.2, 0) is 14.8 Å². The maximum absolute atomic E-state index is 13.2. The van der Waals surface area contributed by atoms with Crippen LogP contribution in [0.4, 0.5) is 10.8 Å². The van der Waals surface area contributed by atoms with E-state index in [0.717, 1.165) is 25.7 Å². The molecule has 1 amide bonds. The van der Waals surface area contributed by atoms with E-state index in [4.69, 9.17) is 4.74 Å². The molecule has 188 valence electrons. The highest BCUT2D eigenvalue weighted by atomic mass is 32.2. The van der Waals surface area contributed by atoms with Gasteiger partial charge in [0.2, 0.25) is 10.0 Å². The van der Waals surface area contributed by atoms with Crippen molar-refractivity contribution in [3.8, 4) is 5.75 Å². The number of unbranched alkanes of at least 4 members (excludes halogenated alkanes) is 2. The van der Waals surface area contributed by atoms with Gasteiger partial charge in [-0.3, -0.25) is 20.2 Å². The zero-order valence-electron chi connectivity index (χ0n) is 19.6. The van der Waals surface area contributed by atoms with Crippen molar-refractivity contribution in [2.75, 3.05) is 25.0 Å². The zero-order valence-corrected chi connectivity index (χ0v) is 21.2. The number of amides is 1. The average molecular weight is 521 g/mol. The molecule has 0 aliphatic rings. The molecule has 10 nitrogen and oxygen atoms in total. The fourth-order valence-electron chi connectivity index (χ4n) is 3.26. The highest BCUT2D eigenvalue weighted by molar-refractivity contribution is 7.89. The second-order valence-electron chi connectivity index (χ2n) is 7.85. The largest absolute Gasteiger partial charge is 0.484 e. The van der Waals surface area contributed by atoms with Gasteiger partial charge in [0.1, 0.15) is 5.75 Å². The topological polar surface area (TPSA) is 132 Å². The lowest BCUT2D eigenvalue weighted by molar-refractivity contribution is -0.384. The standard InChI is InChI=1S/C23H28N4O6S2/c1-3-5-13-26(14-6-4-2)35(31,32)19-11-12-20-21(15-19)34-23(24-20)25-22(28)16-33-18-9-7-17(8-10-18)27(29)30/h7-12,15H,3-6,13-14,16H2,1-2H3,(H,24,25,28). The summed E-state index contributed by atoms with van der Waals surface area (Å²) in [5, 5.41) is 13.7. The molecule has 1 heterocycles. The van der Waals surface area contributed by atoms with Crippen LogP contribution in [0.25, 0.3) is 10.2 Å². The number of carbonyl (C=O) groups is 1. The molecular formula is C23H28N4O6S2. The molecule has 0 fully saturated rings. The number of anilines is 1. The smallest absolute Gasteiger partial charge is 0.269 e. The molecule has 0 spiro atoms. The van der Waals surface area contributed by atoms with Crippen LogP contribution in [-0.4, -0.2) is 48.2 Å². The van der Waals surface area contributed by atoms with Crippen LogP contribution in [0, 0.1) is 10.1 Å². The van der Waals surface area contributed by atoms with Gasteiger partial charge in [-0.05, 0) is 43.2 Å². The Kier molecular flexibility index (Phi) is 9.13. The molecule has 12 heteroatoms. The molecule has 3 rings (SSSR count). The van der Waals surface area contributed by atoms with Crippen molar-refractivity contribution in [3.05, 3.63) is 52.6 Å². The maximum Gasteiger partial charge on any atom is 0.269 e. The van der Waals surface area contributed by atoms with E-state index in [9.17, 15) is 23.3 Å². The van der Waals surface area contributed by atoms with Gasteiger partial charge in [-0.25, -0.2) is 13.4 Å². The van der Waals surface area contributed by atoms with Crippen LogP contribution >= 0.6 is 11.3 Å². The van der Waals surface area contributed by atoms with E-state index in [1.165, 1.54) is 35.6 Å². The summed E-state index contributed by atoms with van der Waals surface area (Å²) in [5.41, 5.74) is 0.505. The van der Waals surface area contributed by atoms with Gasteiger partial charge in [-0.1, -0.05) is 38.0 Å². The monoisotopic (exact) mass is 520 g/mol. The predicted octanol–water partition coefficient (Wildman–Crippen LogP) is 4.81. The molecule has 1 aromatic heterocycles. The van der Waals surface area contributed by atoms with Gasteiger partial charge in [0.05, 0.1) is 20.0 Å². The number of carbonyl (C=O) groups excluding carboxylic acids is 1. The van der Waals surface area contributed by atoms with Gasteiger partial charge in [0, 0.05) is 25.2 Å². The van der Waals surface area contributed by atoms with Gasteiger partial charge >= 0.3 is 0 Å². The van der Waals surface area contributed by atoms with Gasteiger partial charge in [0.25, 0.3) is 11.6 Å². The van der Waals surface area contributed by atoms with Crippen LogP contribution in [0.5, 0.6) is 5.75 Å². The first-order valence-corrected chi connectivity index (χ1v) is 13.6. The number of ether oxygens (including phenoxy) is 1. The number of aromatic nitrogens is 1. The molecule has 0 saturated carbocycles. The Bertz CT molecular complexity index is 1270. The van der Waals surface area contributed by atoms with Crippen LogP contribution in [0.1, 0.15) is 39.5 Å². The van der Waals surface area contributed by atoms with Crippen molar-refractivity contribution < 1.29 is 22.9 Å². The van der Waals surface area contributed by atoms with E-state index in [1.54, 1.807) is 22.5 Å². The van der Waals surface area contributed by atoms with Crippen molar-refractivity contribution in [3.63, 3.8) is 0 Å². The maximum atomic E-state index is 13.2. The highest BCUT2D eigenvalue weighted by Gasteiger charge is 2.24. The number of non-ortho nitro benzene ring substituents is 1. The Balaban J connectivity index is 1.68. The number of sulfonamides is 1. The minimum absolute atomic E-state index is 0.0727. The number of rotatable bonds is 13. The lowest BCUT2D eigenvalue weighted by atomic mass is 10.3. The molecule has 0 bridgehead atoms. The first kappa shape index (κ1) is 26.5. The van der Waals surface area contributed by atoms with Crippen molar-refractivity contribution in [2.45, 2.75) is 44.4 Å². The normalized spacial score (nSPS) is 11.6. The van der Waals surface area contributed by atoms with Gasteiger partial charge in [-0.15, -0.1) is 0 Å². The first-order chi connectivity index (χ1) is 16.7. The molecule has 0 saturated heterocycles. The summed E-state index contributed by atoms with van der Waals surface area (Å²) in [5.74, 6) is -0.138. The zero-order chi connectivity index (χ0) is 25.4. The Hall–Kier alpha value is -3.09. The highest BCUT2D eigenvalue weighted by Crippen LogP contribution is 2.29. The summed E-state index contributed by atoms with van der Waals surface area (Å²) >= 11 is 1.17. The summed E-state index contributed by atoms with van der Waals surface area (Å²) < 4.78 is 34.0. The van der Waals surface area contributed by atoms with Crippen LogP contribution in [0.15, 0.2) is 47.4 Å². The quantitative estimate of drug-likeness (QED) is 0.253. The summed E-state index contributed by atoms with van der Waals surface area (Å²) in [6.45, 7) is 4.71. The molecule has 3 aromatic rings. The number of benzene rings is 2. The number of hydrogen-bond acceptors (Lipinski definition) is 8. The van der Waals surface area contributed by atoms with Crippen molar-refractivity contribution in [2.24, 2.45) is 0 Å². The van der Waals surface area contributed by atoms with Gasteiger partial charge in [0.15, 0.2) is 11.7 Å². The third-order valence-electron chi connectivity index (χ3n) is 5.18.